The van der Waals surface area contributed by atoms with Crippen LogP contribution in [0.4, 0.5) is 16.5 Å². The molecule has 2 aromatic carbocycles. The van der Waals surface area contributed by atoms with Crippen molar-refractivity contribution in [1.29, 1.82) is 0 Å². The van der Waals surface area contributed by atoms with Gasteiger partial charge in [0.2, 0.25) is 0 Å². The summed E-state index contributed by atoms with van der Waals surface area (Å²) in [6.07, 6.45) is 0. The summed E-state index contributed by atoms with van der Waals surface area (Å²) in [4.78, 5) is 2.08. The lowest BCUT2D eigenvalue weighted by atomic mass is 10.2. The topological polar surface area (TPSA) is 41.1 Å². The highest BCUT2D eigenvalue weighted by Gasteiger charge is 2.17. The number of ether oxygens (including phenoxy) is 1. The Kier molecular flexibility index (Phi) is 4.49. The second-order valence-electron chi connectivity index (χ2n) is 5.84. The van der Waals surface area contributed by atoms with E-state index in [4.69, 9.17) is 4.74 Å². The SMILES string of the molecule is COc1ccc2sc(N=Nc3ccc(N(C)C)cc3C)[n+](C)c2c1. The molecule has 0 amide bonds. The molecule has 0 saturated carbocycles. The molecule has 3 aromatic rings. The number of aromatic nitrogens is 1. The van der Waals surface area contributed by atoms with Crippen molar-refractivity contribution in [2.45, 2.75) is 6.92 Å². The number of hydrogen-bond acceptors (Lipinski definition) is 5. The summed E-state index contributed by atoms with van der Waals surface area (Å²) in [6, 6.07) is 12.2. The summed E-state index contributed by atoms with van der Waals surface area (Å²) in [7, 11) is 7.73. The zero-order valence-corrected chi connectivity index (χ0v) is 15.4. The quantitative estimate of drug-likeness (QED) is 0.517. The molecule has 0 aliphatic carbocycles. The molecule has 1 aromatic heterocycles. The van der Waals surface area contributed by atoms with Crippen LogP contribution in [0.3, 0.4) is 0 Å². The molecule has 3 rings (SSSR count). The molecule has 0 atom stereocenters. The summed E-state index contributed by atoms with van der Waals surface area (Å²) in [5.41, 5.74) is 4.24. The molecule has 0 N–H and O–H groups in total. The van der Waals surface area contributed by atoms with Crippen LogP contribution in [0.1, 0.15) is 5.56 Å². The van der Waals surface area contributed by atoms with E-state index in [1.165, 1.54) is 0 Å². The maximum Gasteiger partial charge on any atom is 0.409 e. The Morgan fingerprint density at radius 3 is 2.54 bits per heavy atom. The highest BCUT2D eigenvalue weighted by Crippen LogP contribution is 2.31. The van der Waals surface area contributed by atoms with Gasteiger partial charge in [-0.25, -0.2) is 4.57 Å². The van der Waals surface area contributed by atoms with Gasteiger partial charge in [0.25, 0.3) is 0 Å². The van der Waals surface area contributed by atoms with E-state index in [0.29, 0.717) is 0 Å². The van der Waals surface area contributed by atoms with Crippen LogP contribution < -0.4 is 14.2 Å². The Hall–Kier alpha value is -2.47. The van der Waals surface area contributed by atoms with Crippen LogP contribution in [0, 0.1) is 6.92 Å². The normalized spacial score (nSPS) is 11.4. The van der Waals surface area contributed by atoms with Crippen molar-refractivity contribution in [3.8, 4) is 5.75 Å². The monoisotopic (exact) mass is 341 g/mol. The molecular weight excluding hydrogens is 320 g/mol. The average Bonchev–Trinajstić information content (AvgIpc) is 2.89. The molecule has 24 heavy (non-hydrogen) atoms. The van der Waals surface area contributed by atoms with Gasteiger partial charge in [0, 0.05) is 25.8 Å². The van der Waals surface area contributed by atoms with Crippen molar-refractivity contribution < 1.29 is 9.30 Å². The number of anilines is 1. The summed E-state index contributed by atoms with van der Waals surface area (Å²) in [5.74, 6) is 0.842. The molecule has 0 aliphatic rings. The number of hydrogen-bond donors (Lipinski definition) is 0. The number of aryl methyl sites for hydroxylation is 2. The second-order valence-corrected chi connectivity index (χ2v) is 6.85. The first-order valence-electron chi connectivity index (χ1n) is 7.66. The largest absolute Gasteiger partial charge is 0.497 e. The van der Waals surface area contributed by atoms with Gasteiger partial charge in [-0.2, -0.15) is 0 Å². The van der Waals surface area contributed by atoms with Gasteiger partial charge in [0.05, 0.1) is 24.0 Å². The summed E-state index contributed by atoms with van der Waals surface area (Å²) in [6.45, 7) is 2.05. The lowest BCUT2D eigenvalue weighted by Crippen LogP contribution is -2.25. The summed E-state index contributed by atoms with van der Waals surface area (Å²) in [5, 5.41) is 9.75. The molecule has 0 aliphatic heterocycles. The highest BCUT2D eigenvalue weighted by molar-refractivity contribution is 7.21. The first-order valence-corrected chi connectivity index (χ1v) is 8.47. The van der Waals surface area contributed by atoms with E-state index >= 15 is 0 Å². The van der Waals surface area contributed by atoms with Crippen molar-refractivity contribution in [2.75, 3.05) is 26.1 Å². The molecule has 0 unspecified atom stereocenters. The zero-order chi connectivity index (χ0) is 17.3. The van der Waals surface area contributed by atoms with Crippen molar-refractivity contribution in [2.24, 2.45) is 17.3 Å². The third kappa shape index (κ3) is 3.10. The molecule has 0 bridgehead atoms. The third-order valence-corrected chi connectivity index (χ3v) is 5.06. The van der Waals surface area contributed by atoms with Crippen LogP contribution in [0.15, 0.2) is 46.6 Å². The summed E-state index contributed by atoms with van der Waals surface area (Å²) < 4.78 is 8.49. The minimum Gasteiger partial charge on any atom is -0.497 e. The lowest BCUT2D eigenvalue weighted by molar-refractivity contribution is -0.627. The van der Waals surface area contributed by atoms with E-state index in [9.17, 15) is 0 Å². The maximum atomic E-state index is 5.30. The van der Waals surface area contributed by atoms with Crippen LogP contribution in [0.2, 0.25) is 0 Å². The second kappa shape index (κ2) is 6.57. The number of azo groups is 1. The first-order chi connectivity index (χ1) is 11.5. The van der Waals surface area contributed by atoms with Crippen molar-refractivity contribution in [3.63, 3.8) is 0 Å². The van der Waals surface area contributed by atoms with Crippen molar-refractivity contribution in [3.05, 3.63) is 42.0 Å². The predicted octanol–water partition coefficient (Wildman–Crippen LogP) is 4.52. The molecule has 0 saturated heterocycles. The van der Waals surface area contributed by atoms with Gasteiger partial charge in [0.1, 0.15) is 17.0 Å². The van der Waals surface area contributed by atoms with Gasteiger partial charge in [-0.3, -0.25) is 0 Å². The van der Waals surface area contributed by atoms with E-state index in [-0.39, 0.29) is 0 Å². The van der Waals surface area contributed by atoms with Gasteiger partial charge in [-0.15, -0.1) is 0 Å². The Bertz CT molecular complexity index is 915. The number of methoxy groups -OCH3 is 1. The maximum absolute atomic E-state index is 5.30. The molecule has 5 nitrogen and oxygen atoms in total. The third-order valence-electron chi connectivity index (χ3n) is 3.96. The van der Waals surface area contributed by atoms with E-state index in [1.807, 2.05) is 43.9 Å². The van der Waals surface area contributed by atoms with E-state index in [2.05, 4.69) is 40.3 Å². The van der Waals surface area contributed by atoms with Gasteiger partial charge in [0.15, 0.2) is 0 Å². The van der Waals surface area contributed by atoms with Crippen LogP contribution in [0.5, 0.6) is 5.75 Å². The highest BCUT2D eigenvalue weighted by atomic mass is 32.1. The van der Waals surface area contributed by atoms with E-state index in [1.54, 1.807) is 18.4 Å². The fourth-order valence-corrected chi connectivity index (χ4v) is 3.41. The number of rotatable bonds is 4. The minimum absolute atomic E-state index is 0.842. The van der Waals surface area contributed by atoms with E-state index in [0.717, 1.165) is 38.0 Å². The minimum atomic E-state index is 0.842. The Labute approximate surface area is 145 Å². The average molecular weight is 341 g/mol. The molecular formula is C18H21N4OS+. The standard InChI is InChI=1S/C18H21N4OS/c1-12-10-13(21(2)3)6-8-15(12)19-20-18-22(4)16-11-14(23-5)7-9-17(16)24-18/h6-11H,1-5H3/q+1. The zero-order valence-electron chi connectivity index (χ0n) is 14.6. The van der Waals surface area contributed by atoms with Crippen molar-refractivity contribution >= 4 is 38.1 Å². The van der Waals surface area contributed by atoms with Gasteiger partial charge in [-0.05, 0) is 59.3 Å². The molecule has 0 fully saturated rings. The predicted molar refractivity (Wildman–Crippen MR) is 99.2 cm³/mol. The molecule has 0 radical (unpaired) electrons. The fourth-order valence-electron chi connectivity index (χ4n) is 2.46. The molecule has 0 spiro atoms. The van der Waals surface area contributed by atoms with Gasteiger partial charge < -0.3 is 9.64 Å². The number of benzene rings is 2. The first kappa shape index (κ1) is 16.4. The number of thiazole rings is 1. The molecule has 6 heteroatoms. The number of fused-ring (bicyclic) bond motifs is 1. The van der Waals surface area contributed by atoms with Gasteiger partial charge in [-0.1, -0.05) is 0 Å². The van der Waals surface area contributed by atoms with Crippen molar-refractivity contribution in [1.82, 2.24) is 0 Å². The number of nitrogens with zero attached hydrogens (tertiary/aromatic N) is 4. The van der Waals surface area contributed by atoms with Crippen LogP contribution in [0.25, 0.3) is 10.2 Å². The van der Waals surface area contributed by atoms with Gasteiger partial charge >= 0.3 is 5.13 Å². The lowest BCUT2D eigenvalue weighted by Gasteiger charge is -2.12. The summed E-state index contributed by atoms with van der Waals surface area (Å²) >= 11 is 1.61. The van der Waals surface area contributed by atoms with E-state index < -0.39 is 0 Å². The Morgan fingerprint density at radius 1 is 1.08 bits per heavy atom. The van der Waals surface area contributed by atoms with Crippen LogP contribution in [-0.4, -0.2) is 21.2 Å². The Morgan fingerprint density at radius 2 is 1.88 bits per heavy atom. The molecule has 1 heterocycles. The Balaban J connectivity index is 1.94. The van der Waals surface area contributed by atoms with Crippen LogP contribution in [-0.2, 0) is 7.05 Å². The van der Waals surface area contributed by atoms with Crippen LogP contribution >= 0.6 is 11.3 Å². The molecule has 124 valence electrons. The smallest absolute Gasteiger partial charge is 0.409 e. The fraction of sp³-hybridized carbons (Fsp3) is 0.278.